The molecule has 1 saturated carbocycles. The standard InChI is InChI=1S/C22H33NO2.ClH/c1-4-5-16-22(17-10-9-13-20(22)18-23(2)3)25-21(24)15-14-19-11-7-6-8-12-19;/h6-8,11-12,14-15,20H,4-5,9-10,13,16-18H2,1-3H3;1H/b15-14-;. The lowest BCUT2D eigenvalue weighted by molar-refractivity contribution is -0.167. The predicted octanol–water partition coefficient (Wildman–Crippen LogP) is 5.35. The Hall–Kier alpha value is -1.32. The van der Waals surface area contributed by atoms with E-state index in [4.69, 9.17) is 4.74 Å². The van der Waals surface area contributed by atoms with Crippen molar-refractivity contribution < 1.29 is 9.53 Å². The highest BCUT2D eigenvalue weighted by Crippen LogP contribution is 2.41. The van der Waals surface area contributed by atoms with E-state index in [2.05, 4.69) is 25.9 Å². The largest absolute Gasteiger partial charge is 0.456 e. The number of esters is 1. The molecule has 146 valence electrons. The van der Waals surface area contributed by atoms with Crippen molar-refractivity contribution in [1.29, 1.82) is 0 Å². The van der Waals surface area contributed by atoms with Gasteiger partial charge < -0.3 is 9.64 Å². The fourth-order valence-corrected chi connectivity index (χ4v) is 3.93. The van der Waals surface area contributed by atoms with Crippen molar-refractivity contribution in [2.75, 3.05) is 20.6 Å². The van der Waals surface area contributed by atoms with E-state index >= 15 is 0 Å². The quantitative estimate of drug-likeness (QED) is 0.450. The van der Waals surface area contributed by atoms with Crippen LogP contribution in [-0.4, -0.2) is 37.1 Å². The lowest BCUT2D eigenvalue weighted by Gasteiger charge is -2.44. The molecule has 1 fully saturated rings. The first-order valence-electron chi connectivity index (χ1n) is 9.66. The number of unbranched alkanes of at least 4 members (excludes halogenated alkanes) is 1. The predicted molar refractivity (Wildman–Crippen MR) is 112 cm³/mol. The third-order valence-corrected chi connectivity index (χ3v) is 5.20. The smallest absolute Gasteiger partial charge is 0.331 e. The minimum absolute atomic E-state index is 0. The molecule has 0 amide bonds. The molecule has 0 spiro atoms. The first-order chi connectivity index (χ1) is 12.1. The van der Waals surface area contributed by atoms with Gasteiger partial charge in [0.15, 0.2) is 0 Å². The maximum Gasteiger partial charge on any atom is 0.331 e. The zero-order valence-corrected chi connectivity index (χ0v) is 17.3. The summed E-state index contributed by atoms with van der Waals surface area (Å²) in [7, 11) is 4.21. The zero-order valence-electron chi connectivity index (χ0n) is 16.4. The van der Waals surface area contributed by atoms with Gasteiger partial charge in [0.2, 0.25) is 0 Å². The van der Waals surface area contributed by atoms with Crippen LogP contribution in [-0.2, 0) is 9.53 Å². The molecule has 1 aromatic rings. The van der Waals surface area contributed by atoms with Crippen molar-refractivity contribution in [1.82, 2.24) is 4.90 Å². The van der Waals surface area contributed by atoms with E-state index in [9.17, 15) is 4.79 Å². The molecule has 0 bridgehead atoms. The molecule has 26 heavy (non-hydrogen) atoms. The molecule has 0 aromatic heterocycles. The molecule has 0 saturated heterocycles. The number of carbonyl (C=O) groups is 1. The number of ether oxygens (including phenoxy) is 1. The van der Waals surface area contributed by atoms with Gasteiger partial charge in [-0.2, -0.15) is 0 Å². The Balaban J connectivity index is 0.00000338. The highest BCUT2D eigenvalue weighted by atomic mass is 35.5. The lowest BCUT2D eigenvalue weighted by Crippen LogP contribution is -2.48. The Morgan fingerprint density at radius 3 is 2.65 bits per heavy atom. The first kappa shape index (κ1) is 22.7. The highest BCUT2D eigenvalue weighted by Gasteiger charge is 2.43. The van der Waals surface area contributed by atoms with Crippen molar-refractivity contribution in [3.05, 3.63) is 42.0 Å². The number of rotatable bonds is 8. The molecule has 0 aliphatic heterocycles. The van der Waals surface area contributed by atoms with E-state index in [0.29, 0.717) is 5.92 Å². The minimum Gasteiger partial charge on any atom is -0.456 e. The molecule has 2 atom stereocenters. The summed E-state index contributed by atoms with van der Waals surface area (Å²) < 4.78 is 6.16. The Morgan fingerprint density at radius 1 is 1.27 bits per heavy atom. The van der Waals surface area contributed by atoms with Gasteiger partial charge >= 0.3 is 5.97 Å². The Morgan fingerprint density at radius 2 is 2.00 bits per heavy atom. The van der Waals surface area contributed by atoms with Crippen LogP contribution in [0.25, 0.3) is 6.08 Å². The Labute approximate surface area is 165 Å². The first-order valence-corrected chi connectivity index (χ1v) is 9.66. The number of hydrogen-bond acceptors (Lipinski definition) is 3. The summed E-state index contributed by atoms with van der Waals surface area (Å²) in [5, 5.41) is 0. The van der Waals surface area contributed by atoms with Gasteiger partial charge in [-0.05, 0) is 57.8 Å². The average Bonchev–Trinajstić information content (AvgIpc) is 2.61. The summed E-state index contributed by atoms with van der Waals surface area (Å²) in [6, 6.07) is 9.91. The van der Waals surface area contributed by atoms with E-state index in [-0.39, 0.29) is 24.0 Å². The summed E-state index contributed by atoms with van der Waals surface area (Å²) in [5.41, 5.74) is 0.729. The third kappa shape index (κ3) is 6.77. The Bertz CT molecular complexity index is 559. The molecule has 4 heteroatoms. The zero-order chi connectivity index (χ0) is 18.1. The van der Waals surface area contributed by atoms with Crippen LogP contribution in [0.15, 0.2) is 36.4 Å². The summed E-state index contributed by atoms with van der Waals surface area (Å²) in [6.07, 6.45) is 11.2. The summed E-state index contributed by atoms with van der Waals surface area (Å²) in [4.78, 5) is 14.8. The number of carbonyl (C=O) groups excluding carboxylic acids is 1. The van der Waals surface area contributed by atoms with Crippen LogP contribution in [0.2, 0.25) is 0 Å². The second kappa shape index (κ2) is 11.4. The van der Waals surface area contributed by atoms with Crippen LogP contribution in [0.5, 0.6) is 0 Å². The lowest BCUT2D eigenvalue weighted by atomic mass is 9.72. The van der Waals surface area contributed by atoms with E-state index in [1.807, 2.05) is 36.4 Å². The van der Waals surface area contributed by atoms with Crippen molar-refractivity contribution in [2.45, 2.75) is 57.5 Å². The number of hydrogen-bond donors (Lipinski definition) is 0. The van der Waals surface area contributed by atoms with Crippen LogP contribution in [0.4, 0.5) is 0 Å². The SMILES string of the molecule is CCCCC1(OC(=O)/C=C\c2ccccc2)CCCCC1CN(C)C.Cl. The second-order valence-corrected chi connectivity index (χ2v) is 7.54. The highest BCUT2D eigenvalue weighted by molar-refractivity contribution is 5.87. The van der Waals surface area contributed by atoms with Gasteiger partial charge in [0.25, 0.3) is 0 Å². The van der Waals surface area contributed by atoms with Crippen LogP contribution < -0.4 is 0 Å². The maximum absolute atomic E-state index is 12.6. The average molecular weight is 380 g/mol. The summed E-state index contributed by atoms with van der Waals surface area (Å²) in [6.45, 7) is 3.19. The number of halogens is 1. The second-order valence-electron chi connectivity index (χ2n) is 7.54. The van der Waals surface area contributed by atoms with Crippen LogP contribution in [0.3, 0.4) is 0 Å². The Kier molecular flexibility index (Phi) is 9.97. The molecule has 0 N–H and O–H groups in total. The molecular formula is C22H34ClNO2. The molecule has 0 radical (unpaired) electrons. The van der Waals surface area contributed by atoms with E-state index in [0.717, 1.165) is 50.6 Å². The van der Waals surface area contributed by atoms with Gasteiger partial charge in [0.1, 0.15) is 5.60 Å². The van der Waals surface area contributed by atoms with E-state index < -0.39 is 0 Å². The van der Waals surface area contributed by atoms with Gasteiger partial charge in [0, 0.05) is 18.5 Å². The van der Waals surface area contributed by atoms with Gasteiger partial charge in [-0.25, -0.2) is 4.79 Å². The van der Waals surface area contributed by atoms with E-state index in [1.54, 1.807) is 6.08 Å². The topological polar surface area (TPSA) is 29.5 Å². The van der Waals surface area contributed by atoms with Gasteiger partial charge in [-0.3, -0.25) is 0 Å². The molecule has 1 aromatic carbocycles. The van der Waals surface area contributed by atoms with Crippen LogP contribution in [0, 0.1) is 5.92 Å². The third-order valence-electron chi connectivity index (χ3n) is 5.20. The molecule has 2 rings (SSSR count). The van der Waals surface area contributed by atoms with Crippen molar-refractivity contribution in [3.8, 4) is 0 Å². The van der Waals surface area contributed by atoms with Gasteiger partial charge in [0.05, 0.1) is 0 Å². The molecule has 0 heterocycles. The molecule has 1 aliphatic rings. The van der Waals surface area contributed by atoms with Crippen molar-refractivity contribution in [2.24, 2.45) is 5.92 Å². The number of nitrogens with zero attached hydrogens (tertiary/aromatic N) is 1. The summed E-state index contributed by atoms with van der Waals surface area (Å²) >= 11 is 0. The fourth-order valence-electron chi connectivity index (χ4n) is 3.93. The molecular weight excluding hydrogens is 346 g/mol. The van der Waals surface area contributed by atoms with Crippen molar-refractivity contribution >= 4 is 24.5 Å². The van der Waals surface area contributed by atoms with Crippen LogP contribution in [0.1, 0.15) is 57.4 Å². The van der Waals surface area contributed by atoms with Crippen molar-refractivity contribution in [3.63, 3.8) is 0 Å². The van der Waals surface area contributed by atoms with E-state index in [1.165, 1.54) is 6.42 Å². The number of benzene rings is 1. The minimum atomic E-state index is -0.295. The molecule has 1 aliphatic carbocycles. The van der Waals surface area contributed by atoms with Gasteiger partial charge in [-0.1, -0.05) is 50.1 Å². The normalized spacial score (nSPS) is 23.0. The van der Waals surface area contributed by atoms with Crippen LogP contribution >= 0.6 is 12.4 Å². The molecule has 3 nitrogen and oxygen atoms in total. The summed E-state index contributed by atoms with van der Waals surface area (Å²) in [5.74, 6) is 0.225. The monoisotopic (exact) mass is 379 g/mol. The van der Waals surface area contributed by atoms with Gasteiger partial charge in [-0.15, -0.1) is 12.4 Å². The molecule has 2 unspecified atom stereocenters. The maximum atomic E-state index is 12.6. The fraction of sp³-hybridized carbons (Fsp3) is 0.591.